The molecule has 20 heavy (non-hydrogen) atoms. The molecule has 1 N–H and O–H groups in total. The zero-order chi connectivity index (χ0) is 14.2. The van der Waals surface area contributed by atoms with Gasteiger partial charge in [0.15, 0.2) is 0 Å². The molecular formula is C15H15N3O2. The third-order valence-electron chi connectivity index (χ3n) is 2.69. The molecule has 0 aromatic heterocycles. The summed E-state index contributed by atoms with van der Waals surface area (Å²) >= 11 is 0. The Bertz CT molecular complexity index is 580. The van der Waals surface area contributed by atoms with E-state index in [1.54, 1.807) is 12.1 Å². The molecule has 2 aromatic rings. The first-order valence-corrected chi connectivity index (χ1v) is 6.29. The van der Waals surface area contributed by atoms with E-state index in [-0.39, 0.29) is 5.69 Å². The third-order valence-corrected chi connectivity index (χ3v) is 2.69. The Kier molecular flexibility index (Phi) is 4.83. The minimum absolute atomic E-state index is 0.0950. The molecule has 0 radical (unpaired) electrons. The molecule has 0 unspecified atom stereocenters. The van der Waals surface area contributed by atoms with Gasteiger partial charge in [0.05, 0.1) is 11.5 Å². The predicted molar refractivity (Wildman–Crippen MR) is 80.5 cm³/mol. The van der Waals surface area contributed by atoms with E-state index in [4.69, 9.17) is 0 Å². The molecule has 0 bridgehead atoms. The van der Waals surface area contributed by atoms with Crippen molar-refractivity contribution in [2.75, 3.05) is 18.4 Å². The van der Waals surface area contributed by atoms with Crippen LogP contribution in [0.2, 0.25) is 0 Å². The van der Waals surface area contributed by atoms with Crippen LogP contribution >= 0.6 is 0 Å². The fourth-order valence-corrected chi connectivity index (χ4v) is 1.67. The summed E-state index contributed by atoms with van der Waals surface area (Å²) in [7, 11) is 0. The Morgan fingerprint density at radius 1 is 1.10 bits per heavy atom. The van der Waals surface area contributed by atoms with E-state index in [1.807, 2.05) is 36.5 Å². The van der Waals surface area contributed by atoms with Gasteiger partial charge in [-0.05, 0) is 17.7 Å². The Labute approximate surface area is 117 Å². The summed E-state index contributed by atoms with van der Waals surface area (Å²) in [5.74, 6) is 0. The maximum atomic E-state index is 10.5. The summed E-state index contributed by atoms with van der Waals surface area (Å²) in [6.07, 6.45) is 1.83. The lowest BCUT2D eigenvalue weighted by molar-refractivity contribution is -0.384. The van der Waals surface area contributed by atoms with Gasteiger partial charge in [0, 0.05) is 30.6 Å². The van der Waals surface area contributed by atoms with Crippen molar-refractivity contribution >= 4 is 17.6 Å². The van der Waals surface area contributed by atoms with Crippen LogP contribution in [0.5, 0.6) is 0 Å². The number of nitro groups is 1. The largest absolute Gasteiger partial charge is 0.383 e. The van der Waals surface area contributed by atoms with Crippen molar-refractivity contribution in [2.24, 2.45) is 4.99 Å². The highest BCUT2D eigenvalue weighted by atomic mass is 16.6. The highest BCUT2D eigenvalue weighted by Crippen LogP contribution is 2.14. The molecule has 102 valence electrons. The molecule has 2 aromatic carbocycles. The van der Waals surface area contributed by atoms with E-state index in [2.05, 4.69) is 10.3 Å². The van der Waals surface area contributed by atoms with E-state index in [0.717, 1.165) is 11.3 Å². The molecule has 0 aliphatic rings. The number of hydrogen-bond donors (Lipinski definition) is 1. The number of nitrogens with one attached hydrogen (secondary N) is 1. The van der Waals surface area contributed by atoms with Crippen LogP contribution in [0.15, 0.2) is 59.6 Å². The molecule has 0 atom stereocenters. The van der Waals surface area contributed by atoms with Gasteiger partial charge in [-0.25, -0.2) is 0 Å². The molecule has 0 heterocycles. The van der Waals surface area contributed by atoms with Crippen molar-refractivity contribution in [1.29, 1.82) is 0 Å². The molecule has 0 aliphatic heterocycles. The van der Waals surface area contributed by atoms with E-state index >= 15 is 0 Å². The second kappa shape index (κ2) is 7.04. The Morgan fingerprint density at radius 3 is 2.45 bits per heavy atom. The van der Waals surface area contributed by atoms with Crippen molar-refractivity contribution < 1.29 is 4.92 Å². The Balaban J connectivity index is 1.76. The van der Waals surface area contributed by atoms with Gasteiger partial charge in [-0.3, -0.25) is 15.1 Å². The fourth-order valence-electron chi connectivity index (χ4n) is 1.67. The molecule has 0 amide bonds. The summed E-state index contributed by atoms with van der Waals surface area (Å²) in [5.41, 5.74) is 2.02. The molecule has 5 nitrogen and oxygen atoms in total. The SMILES string of the molecule is O=[N+]([O-])c1ccc(NCCN=Cc2ccccc2)cc1. The number of nitrogens with zero attached hydrogens (tertiary/aromatic N) is 2. The van der Waals surface area contributed by atoms with Crippen molar-refractivity contribution in [3.05, 3.63) is 70.3 Å². The van der Waals surface area contributed by atoms with Gasteiger partial charge in [0.2, 0.25) is 0 Å². The van der Waals surface area contributed by atoms with Crippen LogP contribution in [0.1, 0.15) is 5.56 Å². The summed E-state index contributed by atoms with van der Waals surface area (Å²) in [6.45, 7) is 1.33. The summed E-state index contributed by atoms with van der Waals surface area (Å²) in [4.78, 5) is 14.4. The van der Waals surface area contributed by atoms with Gasteiger partial charge in [-0.1, -0.05) is 30.3 Å². The minimum Gasteiger partial charge on any atom is -0.383 e. The first-order valence-electron chi connectivity index (χ1n) is 6.29. The Morgan fingerprint density at radius 2 is 1.80 bits per heavy atom. The average molecular weight is 269 g/mol. The number of nitro benzene ring substituents is 1. The first-order chi connectivity index (χ1) is 9.75. The molecule has 0 spiro atoms. The van der Waals surface area contributed by atoms with Crippen LogP contribution in [0.4, 0.5) is 11.4 Å². The average Bonchev–Trinajstić information content (AvgIpc) is 2.48. The van der Waals surface area contributed by atoms with E-state index in [0.29, 0.717) is 13.1 Å². The summed E-state index contributed by atoms with van der Waals surface area (Å²) < 4.78 is 0. The van der Waals surface area contributed by atoms with E-state index in [1.165, 1.54) is 12.1 Å². The van der Waals surface area contributed by atoms with Crippen LogP contribution in [0, 0.1) is 10.1 Å². The molecule has 0 aliphatic carbocycles. The second-order valence-electron chi connectivity index (χ2n) is 4.18. The monoisotopic (exact) mass is 269 g/mol. The molecular weight excluding hydrogens is 254 g/mol. The number of anilines is 1. The molecule has 0 saturated carbocycles. The zero-order valence-corrected chi connectivity index (χ0v) is 10.9. The number of rotatable bonds is 6. The number of hydrogen-bond acceptors (Lipinski definition) is 4. The highest BCUT2D eigenvalue weighted by molar-refractivity contribution is 5.79. The summed E-state index contributed by atoms with van der Waals surface area (Å²) in [6, 6.07) is 16.2. The van der Waals surface area contributed by atoms with Crippen molar-refractivity contribution in [2.45, 2.75) is 0 Å². The van der Waals surface area contributed by atoms with Crippen LogP contribution in [0.25, 0.3) is 0 Å². The van der Waals surface area contributed by atoms with Crippen LogP contribution in [0.3, 0.4) is 0 Å². The maximum Gasteiger partial charge on any atom is 0.269 e. The maximum absolute atomic E-state index is 10.5. The molecule has 5 heteroatoms. The number of aliphatic imine (C=N–C) groups is 1. The number of benzene rings is 2. The van der Waals surface area contributed by atoms with Gasteiger partial charge in [0.1, 0.15) is 0 Å². The van der Waals surface area contributed by atoms with Crippen LogP contribution in [-0.2, 0) is 0 Å². The molecule has 2 rings (SSSR count). The van der Waals surface area contributed by atoms with Gasteiger partial charge < -0.3 is 5.32 Å². The zero-order valence-electron chi connectivity index (χ0n) is 10.9. The van der Waals surface area contributed by atoms with Crippen LogP contribution < -0.4 is 5.32 Å². The second-order valence-corrected chi connectivity index (χ2v) is 4.18. The standard InChI is InChI=1S/C15H15N3O2/c19-18(20)15-8-6-14(7-9-15)17-11-10-16-12-13-4-2-1-3-5-13/h1-9,12,17H,10-11H2. The van der Waals surface area contributed by atoms with E-state index < -0.39 is 4.92 Å². The van der Waals surface area contributed by atoms with Crippen molar-refractivity contribution in [3.8, 4) is 0 Å². The van der Waals surface area contributed by atoms with Gasteiger partial charge >= 0.3 is 0 Å². The molecule has 0 fully saturated rings. The number of non-ortho nitro benzene ring substituents is 1. The lowest BCUT2D eigenvalue weighted by Gasteiger charge is -2.03. The first kappa shape index (κ1) is 13.7. The van der Waals surface area contributed by atoms with Crippen molar-refractivity contribution in [3.63, 3.8) is 0 Å². The van der Waals surface area contributed by atoms with Gasteiger partial charge in [-0.15, -0.1) is 0 Å². The topological polar surface area (TPSA) is 67.5 Å². The van der Waals surface area contributed by atoms with E-state index in [9.17, 15) is 10.1 Å². The van der Waals surface area contributed by atoms with Gasteiger partial charge in [-0.2, -0.15) is 0 Å². The van der Waals surface area contributed by atoms with Gasteiger partial charge in [0.25, 0.3) is 5.69 Å². The lowest BCUT2D eigenvalue weighted by Crippen LogP contribution is -2.04. The molecule has 0 saturated heterocycles. The summed E-state index contributed by atoms with van der Waals surface area (Å²) in [5, 5.41) is 13.7. The smallest absolute Gasteiger partial charge is 0.269 e. The lowest BCUT2D eigenvalue weighted by atomic mass is 10.2. The normalized spacial score (nSPS) is 10.6. The van der Waals surface area contributed by atoms with Crippen molar-refractivity contribution in [1.82, 2.24) is 0 Å². The Hall–Kier alpha value is -2.69. The fraction of sp³-hybridized carbons (Fsp3) is 0.133. The third kappa shape index (κ3) is 4.20. The minimum atomic E-state index is -0.409. The predicted octanol–water partition coefficient (Wildman–Crippen LogP) is 3.13. The van der Waals surface area contributed by atoms with Crippen LogP contribution in [-0.4, -0.2) is 24.2 Å². The highest BCUT2D eigenvalue weighted by Gasteiger charge is 2.02. The quantitative estimate of drug-likeness (QED) is 0.379.